The second kappa shape index (κ2) is 9.07. The summed E-state index contributed by atoms with van der Waals surface area (Å²) >= 11 is 6.19. The summed E-state index contributed by atoms with van der Waals surface area (Å²) in [4.78, 5) is 17.6. The van der Waals surface area contributed by atoms with Crippen molar-refractivity contribution in [2.24, 2.45) is 17.8 Å². The molecule has 33 heavy (non-hydrogen) atoms. The van der Waals surface area contributed by atoms with E-state index < -0.39 is 5.91 Å². The molecule has 5 rings (SSSR count). The van der Waals surface area contributed by atoms with E-state index in [-0.39, 0.29) is 11.3 Å². The first-order valence-corrected chi connectivity index (χ1v) is 12.0. The summed E-state index contributed by atoms with van der Waals surface area (Å²) in [5, 5.41) is 17.0. The number of carbonyl (C=O) groups is 1. The number of halogens is 1. The van der Waals surface area contributed by atoms with Crippen molar-refractivity contribution in [2.45, 2.75) is 51.5 Å². The Labute approximate surface area is 198 Å². The third-order valence-electron chi connectivity index (χ3n) is 7.07. The summed E-state index contributed by atoms with van der Waals surface area (Å²) in [5.74, 6) is 2.56. The Morgan fingerprint density at radius 1 is 1.18 bits per heavy atom. The standard InChI is InChI=1S/C26H27ClN4O2/c1-15-8-16-6-7-17(9-15)11-18(10-16)30-24-12-19-23(14-29-24)33-22(13-28)25(19)26(32)31-21-5-3-2-4-20(21)27/h2-5,12,14-18H,6-11H2,1H3,(H,29,30)(H,31,32). The van der Waals surface area contributed by atoms with E-state index in [2.05, 4.69) is 22.5 Å². The maximum absolute atomic E-state index is 13.1. The van der Waals surface area contributed by atoms with Crippen molar-refractivity contribution in [3.63, 3.8) is 0 Å². The Balaban J connectivity index is 1.42. The average molecular weight is 463 g/mol. The summed E-state index contributed by atoms with van der Waals surface area (Å²) in [7, 11) is 0. The number of para-hydroxylation sites is 1. The highest BCUT2D eigenvalue weighted by molar-refractivity contribution is 6.34. The first-order chi connectivity index (χ1) is 16.0. The molecular formula is C26H27ClN4O2. The number of fused-ring (bicyclic) bond motifs is 4. The normalized spacial score (nSPS) is 24.6. The number of furan rings is 1. The van der Waals surface area contributed by atoms with Gasteiger partial charge in [-0.1, -0.05) is 43.5 Å². The molecule has 1 amide bonds. The number of hydrogen-bond acceptors (Lipinski definition) is 5. The van der Waals surface area contributed by atoms with E-state index in [1.54, 1.807) is 30.5 Å². The van der Waals surface area contributed by atoms with Crippen LogP contribution in [0.15, 0.2) is 40.9 Å². The molecule has 2 fully saturated rings. The molecule has 2 aliphatic carbocycles. The van der Waals surface area contributed by atoms with Crippen LogP contribution in [0.4, 0.5) is 11.5 Å². The fraction of sp³-hybridized carbons (Fsp3) is 0.423. The van der Waals surface area contributed by atoms with Crippen LogP contribution in [0.3, 0.4) is 0 Å². The number of carbonyl (C=O) groups excluding carboxylic acids is 1. The summed E-state index contributed by atoms with van der Waals surface area (Å²) in [6.45, 7) is 2.38. The van der Waals surface area contributed by atoms with Crippen LogP contribution in [0.1, 0.15) is 61.6 Å². The number of amides is 1. The number of aromatic nitrogens is 1. The zero-order chi connectivity index (χ0) is 22.9. The minimum Gasteiger partial charge on any atom is -0.443 e. The van der Waals surface area contributed by atoms with Gasteiger partial charge in [-0.15, -0.1) is 0 Å². The van der Waals surface area contributed by atoms with Gasteiger partial charge in [0.15, 0.2) is 5.58 Å². The van der Waals surface area contributed by atoms with Crippen molar-refractivity contribution in [3.05, 3.63) is 52.9 Å². The van der Waals surface area contributed by atoms with Crippen molar-refractivity contribution in [1.82, 2.24) is 4.98 Å². The van der Waals surface area contributed by atoms with Crippen molar-refractivity contribution in [3.8, 4) is 6.07 Å². The van der Waals surface area contributed by atoms with E-state index in [0.717, 1.165) is 30.6 Å². The number of nitrogens with zero attached hydrogens (tertiary/aromatic N) is 2. The maximum Gasteiger partial charge on any atom is 0.261 e. The highest BCUT2D eigenvalue weighted by Gasteiger charge is 2.32. The number of rotatable bonds is 4. The molecule has 0 radical (unpaired) electrons. The van der Waals surface area contributed by atoms with E-state index in [1.807, 2.05) is 12.1 Å². The van der Waals surface area contributed by atoms with Gasteiger partial charge in [0.25, 0.3) is 5.91 Å². The molecule has 2 saturated carbocycles. The Morgan fingerprint density at radius 3 is 2.61 bits per heavy atom. The summed E-state index contributed by atoms with van der Waals surface area (Å²) in [6.07, 6.45) is 9.13. The van der Waals surface area contributed by atoms with Crippen molar-refractivity contribution in [1.29, 1.82) is 5.26 Å². The van der Waals surface area contributed by atoms with Gasteiger partial charge in [-0.2, -0.15) is 5.26 Å². The molecule has 6 nitrogen and oxygen atoms in total. The average Bonchev–Trinajstić information content (AvgIpc) is 2.93. The smallest absolute Gasteiger partial charge is 0.261 e. The van der Waals surface area contributed by atoms with Gasteiger partial charge in [0.1, 0.15) is 17.5 Å². The van der Waals surface area contributed by atoms with Crippen LogP contribution < -0.4 is 10.6 Å². The lowest BCUT2D eigenvalue weighted by Crippen LogP contribution is -2.27. The molecule has 2 unspecified atom stereocenters. The van der Waals surface area contributed by atoms with Gasteiger partial charge in [0.05, 0.1) is 16.9 Å². The van der Waals surface area contributed by atoms with Gasteiger partial charge in [-0.25, -0.2) is 4.98 Å². The minimum atomic E-state index is -0.437. The van der Waals surface area contributed by atoms with Gasteiger partial charge in [-0.05, 0) is 61.6 Å². The molecule has 1 aromatic carbocycles. The molecule has 2 N–H and O–H groups in total. The van der Waals surface area contributed by atoms with Gasteiger partial charge in [0, 0.05) is 11.4 Å². The molecule has 2 aromatic heterocycles. The second-order valence-electron chi connectivity index (χ2n) is 9.62. The SMILES string of the molecule is CC1CC2CCC(C1)CC(Nc1cc3c(C(=O)Nc4ccccc4Cl)c(C#N)oc3cn1)C2. The van der Waals surface area contributed by atoms with Gasteiger partial charge >= 0.3 is 0 Å². The van der Waals surface area contributed by atoms with E-state index in [0.29, 0.717) is 33.5 Å². The van der Waals surface area contributed by atoms with Crippen molar-refractivity contribution in [2.75, 3.05) is 10.6 Å². The number of nitriles is 1. The van der Waals surface area contributed by atoms with Crippen LogP contribution in [0.5, 0.6) is 0 Å². The third kappa shape index (κ3) is 4.56. The van der Waals surface area contributed by atoms with Crippen molar-refractivity contribution < 1.29 is 9.21 Å². The molecular weight excluding hydrogens is 436 g/mol. The predicted molar refractivity (Wildman–Crippen MR) is 129 cm³/mol. The van der Waals surface area contributed by atoms with Crippen molar-refractivity contribution >= 4 is 40.0 Å². The predicted octanol–water partition coefficient (Wildman–Crippen LogP) is 6.62. The van der Waals surface area contributed by atoms with E-state index in [1.165, 1.54) is 25.7 Å². The molecule has 0 aliphatic heterocycles. The first kappa shape index (κ1) is 21.8. The van der Waals surface area contributed by atoms with E-state index in [9.17, 15) is 10.1 Å². The third-order valence-corrected chi connectivity index (χ3v) is 7.40. The van der Waals surface area contributed by atoms with Gasteiger partial charge < -0.3 is 15.1 Å². The van der Waals surface area contributed by atoms with Crippen LogP contribution in [0, 0.1) is 29.1 Å². The second-order valence-corrected chi connectivity index (χ2v) is 10.0. The van der Waals surface area contributed by atoms with Gasteiger partial charge in [0.2, 0.25) is 5.76 Å². The monoisotopic (exact) mass is 462 g/mol. The maximum atomic E-state index is 13.1. The Morgan fingerprint density at radius 2 is 1.91 bits per heavy atom. The fourth-order valence-electron chi connectivity index (χ4n) is 5.73. The molecule has 0 spiro atoms. The quantitative estimate of drug-likeness (QED) is 0.454. The highest BCUT2D eigenvalue weighted by atomic mass is 35.5. The van der Waals surface area contributed by atoms with Crippen LogP contribution >= 0.6 is 11.6 Å². The van der Waals surface area contributed by atoms with E-state index >= 15 is 0 Å². The molecule has 7 heteroatoms. The molecule has 2 heterocycles. The Kier molecular flexibility index (Phi) is 5.99. The minimum absolute atomic E-state index is 0.0357. The van der Waals surface area contributed by atoms with Crippen LogP contribution in [0.2, 0.25) is 5.02 Å². The zero-order valence-corrected chi connectivity index (χ0v) is 19.4. The summed E-state index contributed by atoms with van der Waals surface area (Å²) in [6, 6.07) is 11.2. The number of anilines is 2. The number of nitrogens with one attached hydrogen (secondary N) is 2. The summed E-state index contributed by atoms with van der Waals surface area (Å²) in [5.41, 5.74) is 1.09. The lowest BCUT2D eigenvalue weighted by atomic mass is 9.83. The largest absolute Gasteiger partial charge is 0.443 e. The first-order valence-electron chi connectivity index (χ1n) is 11.6. The molecule has 2 atom stereocenters. The van der Waals surface area contributed by atoms with Gasteiger partial charge in [-0.3, -0.25) is 4.79 Å². The molecule has 2 aliphatic rings. The van der Waals surface area contributed by atoms with E-state index in [4.69, 9.17) is 16.0 Å². The van der Waals surface area contributed by atoms with Crippen LogP contribution in [-0.4, -0.2) is 16.9 Å². The summed E-state index contributed by atoms with van der Waals surface area (Å²) < 4.78 is 5.63. The lowest BCUT2D eigenvalue weighted by molar-refractivity contribution is 0.102. The lowest BCUT2D eigenvalue weighted by Gasteiger charge is -2.28. The number of hydrogen-bond donors (Lipinski definition) is 2. The van der Waals surface area contributed by atoms with Crippen LogP contribution in [0.25, 0.3) is 11.0 Å². The zero-order valence-electron chi connectivity index (χ0n) is 18.6. The molecule has 2 bridgehead atoms. The fourth-order valence-corrected chi connectivity index (χ4v) is 5.91. The molecule has 170 valence electrons. The topological polar surface area (TPSA) is 91.0 Å². The Bertz CT molecular complexity index is 1210. The van der Waals surface area contributed by atoms with Crippen LogP contribution in [-0.2, 0) is 0 Å². The number of pyridine rings is 1. The highest BCUT2D eigenvalue weighted by Crippen LogP contribution is 2.40. The molecule has 3 aromatic rings. The molecule has 0 saturated heterocycles. The number of benzene rings is 1. The Hall–Kier alpha value is -3.04.